The summed E-state index contributed by atoms with van der Waals surface area (Å²) in [6.45, 7) is 3.11. The number of rotatable bonds is 4. The lowest BCUT2D eigenvalue weighted by Crippen LogP contribution is -2.49. The monoisotopic (exact) mass is 341 g/mol. The number of thiophene rings is 1. The molecule has 0 atom stereocenters. The van der Waals surface area contributed by atoms with Gasteiger partial charge < -0.3 is 14.8 Å². The van der Waals surface area contributed by atoms with E-state index in [1.807, 2.05) is 23.2 Å². The Labute approximate surface area is 144 Å². The molecule has 1 amide bonds. The van der Waals surface area contributed by atoms with E-state index in [9.17, 15) is 4.79 Å². The molecule has 124 valence electrons. The zero-order valence-corrected chi connectivity index (χ0v) is 14.1. The van der Waals surface area contributed by atoms with Crippen LogP contribution < -0.4 is 4.90 Å². The van der Waals surface area contributed by atoms with Gasteiger partial charge in [0.1, 0.15) is 17.8 Å². The largest absolute Gasteiger partial charge is 0.352 e. The molecule has 0 unspecified atom stereocenters. The molecule has 1 aliphatic heterocycles. The quantitative estimate of drug-likeness (QED) is 0.791. The number of hydrogen-bond donors (Lipinski definition) is 1. The summed E-state index contributed by atoms with van der Waals surface area (Å²) in [4.78, 5) is 29.7. The van der Waals surface area contributed by atoms with Crippen LogP contribution in [0.5, 0.6) is 0 Å². The SMILES string of the molecule is O=C(CCc1cccs1)N1CCN(c2ncnc3[nH]ccc23)CC1. The Hall–Kier alpha value is -2.41. The van der Waals surface area contributed by atoms with E-state index >= 15 is 0 Å². The second-order valence-electron chi connectivity index (χ2n) is 5.88. The molecule has 6 nitrogen and oxygen atoms in total. The fourth-order valence-electron chi connectivity index (χ4n) is 3.12. The van der Waals surface area contributed by atoms with Crippen molar-refractivity contribution < 1.29 is 4.79 Å². The summed E-state index contributed by atoms with van der Waals surface area (Å²) >= 11 is 1.72. The van der Waals surface area contributed by atoms with Crippen LogP contribution in [0.1, 0.15) is 11.3 Å². The van der Waals surface area contributed by atoms with E-state index < -0.39 is 0 Å². The molecule has 4 rings (SSSR count). The standard InChI is InChI=1S/C17H19N5OS/c23-15(4-3-13-2-1-11-24-13)21-7-9-22(10-8-21)17-14-5-6-18-16(14)19-12-20-17/h1-2,5-6,11-12H,3-4,7-10H2,(H,18,19,20). The molecule has 1 saturated heterocycles. The van der Waals surface area contributed by atoms with Crippen molar-refractivity contribution in [2.45, 2.75) is 12.8 Å². The number of H-pyrrole nitrogens is 1. The normalized spacial score (nSPS) is 15.2. The molecule has 4 heterocycles. The van der Waals surface area contributed by atoms with Gasteiger partial charge in [0.2, 0.25) is 5.91 Å². The summed E-state index contributed by atoms with van der Waals surface area (Å²) in [5.41, 5.74) is 0.856. The van der Waals surface area contributed by atoms with Crippen LogP contribution in [-0.2, 0) is 11.2 Å². The van der Waals surface area contributed by atoms with Crippen molar-refractivity contribution in [1.82, 2.24) is 19.9 Å². The lowest BCUT2D eigenvalue weighted by Gasteiger charge is -2.35. The van der Waals surface area contributed by atoms with Crippen LogP contribution in [0.3, 0.4) is 0 Å². The number of aromatic amines is 1. The number of amides is 1. The number of nitrogens with zero attached hydrogens (tertiary/aromatic N) is 4. The number of aromatic nitrogens is 3. The van der Waals surface area contributed by atoms with E-state index in [2.05, 4.69) is 31.3 Å². The molecule has 1 aliphatic rings. The molecular formula is C17H19N5OS. The third-order valence-electron chi connectivity index (χ3n) is 4.43. The van der Waals surface area contributed by atoms with Crippen molar-refractivity contribution in [1.29, 1.82) is 0 Å². The van der Waals surface area contributed by atoms with Crippen LogP contribution in [0.4, 0.5) is 5.82 Å². The van der Waals surface area contributed by atoms with Gasteiger partial charge in [-0.25, -0.2) is 9.97 Å². The summed E-state index contributed by atoms with van der Waals surface area (Å²) in [5.74, 6) is 1.20. The first-order chi connectivity index (χ1) is 11.8. The maximum atomic E-state index is 12.4. The van der Waals surface area contributed by atoms with Crippen LogP contribution in [-0.4, -0.2) is 51.9 Å². The van der Waals surface area contributed by atoms with Gasteiger partial charge >= 0.3 is 0 Å². The van der Waals surface area contributed by atoms with Crippen molar-refractivity contribution in [3.8, 4) is 0 Å². The highest BCUT2D eigenvalue weighted by atomic mass is 32.1. The summed E-state index contributed by atoms with van der Waals surface area (Å²) in [6, 6.07) is 6.13. The predicted octanol–water partition coefficient (Wildman–Crippen LogP) is 2.30. The van der Waals surface area contributed by atoms with Crippen molar-refractivity contribution in [3.63, 3.8) is 0 Å². The average molecular weight is 341 g/mol. The van der Waals surface area contributed by atoms with Crippen LogP contribution in [0.2, 0.25) is 0 Å². The number of aryl methyl sites for hydroxylation is 1. The third kappa shape index (κ3) is 2.99. The minimum atomic E-state index is 0.248. The first kappa shape index (κ1) is 15.1. The maximum Gasteiger partial charge on any atom is 0.223 e. The Morgan fingerprint density at radius 3 is 2.88 bits per heavy atom. The predicted molar refractivity (Wildman–Crippen MR) is 95.3 cm³/mol. The Kier molecular flexibility index (Phi) is 4.17. The highest BCUT2D eigenvalue weighted by molar-refractivity contribution is 7.09. The highest BCUT2D eigenvalue weighted by Gasteiger charge is 2.23. The number of fused-ring (bicyclic) bond motifs is 1. The molecule has 0 spiro atoms. The number of piperazine rings is 1. The minimum Gasteiger partial charge on any atom is -0.352 e. The Balaban J connectivity index is 1.36. The summed E-state index contributed by atoms with van der Waals surface area (Å²) in [6.07, 6.45) is 4.91. The van der Waals surface area contributed by atoms with Crippen LogP contribution in [0.25, 0.3) is 11.0 Å². The summed E-state index contributed by atoms with van der Waals surface area (Å²) in [5, 5.41) is 3.09. The van der Waals surface area contributed by atoms with E-state index in [1.54, 1.807) is 17.7 Å². The molecule has 1 N–H and O–H groups in total. The molecule has 7 heteroatoms. The molecular weight excluding hydrogens is 322 g/mol. The van der Waals surface area contributed by atoms with Crippen LogP contribution >= 0.6 is 11.3 Å². The zero-order chi connectivity index (χ0) is 16.4. The smallest absolute Gasteiger partial charge is 0.223 e. The van der Waals surface area contributed by atoms with Gasteiger partial charge in [0.15, 0.2) is 0 Å². The van der Waals surface area contributed by atoms with Crippen molar-refractivity contribution in [3.05, 3.63) is 41.0 Å². The van der Waals surface area contributed by atoms with Gasteiger partial charge in [-0.3, -0.25) is 4.79 Å². The molecule has 0 bridgehead atoms. The van der Waals surface area contributed by atoms with Gasteiger partial charge in [0, 0.05) is 43.7 Å². The van der Waals surface area contributed by atoms with Gasteiger partial charge in [-0.2, -0.15) is 0 Å². The number of carbonyl (C=O) groups is 1. The molecule has 3 aromatic heterocycles. The van der Waals surface area contributed by atoms with E-state index in [1.165, 1.54) is 4.88 Å². The summed E-state index contributed by atoms with van der Waals surface area (Å²) < 4.78 is 0. The topological polar surface area (TPSA) is 65.1 Å². The Morgan fingerprint density at radius 1 is 1.21 bits per heavy atom. The maximum absolute atomic E-state index is 12.4. The minimum absolute atomic E-state index is 0.248. The van der Waals surface area contributed by atoms with Crippen LogP contribution in [0, 0.1) is 0 Å². The average Bonchev–Trinajstić information content (AvgIpc) is 3.31. The fraction of sp³-hybridized carbons (Fsp3) is 0.353. The van der Waals surface area contributed by atoms with Crippen molar-refractivity contribution in [2.75, 3.05) is 31.1 Å². The number of carbonyl (C=O) groups excluding carboxylic acids is 1. The van der Waals surface area contributed by atoms with Gasteiger partial charge in [-0.1, -0.05) is 6.07 Å². The lowest BCUT2D eigenvalue weighted by atomic mass is 10.2. The van der Waals surface area contributed by atoms with Crippen molar-refractivity contribution >= 4 is 34.1 Å². The van der Waals surface area contributed by atoms with Gasteiger partial charge in [-0.15, -0.1) is 11.3 Å². The Morgan fingerprint density at radius 2 is 2.08 bits per heavy atom. The zero-order valence-electron chi connectivity index (χ0n) is 13.3. The van der Waals surface area contributed by atoms with Gasteiger partial charge in [-0.05, 0) is 23.9 Å². The third-order valence-corrected chi connectivity index (χ3v) is 5.37. The Bertz CT molecular complexity index is 821. The second-order valence-corrected chi connectivity index (χ2v) is 6.92. The first-order valence-electron chi connectivity index (χ1n) is 8.14. The lowest BCUT2D eigenvalue weighted by molar-refractivity contribution is -0.131. The molecule has 3 aromatic rings. The van der Waals surface area contributed by atoms with E-state index in [4.69, 9.17) is 0 Å². The van der Waals surface area contributed by atoms with E-state index in [0.717, 1.165) is 49.5 Å². The molecule has 0 aliphatic carbocycles. The van der Waals surface area contributed by atoms with E-state index in [-0.39, 0.29) is 5.91 Å². The second kappa shape index (κ2) is 6.60. The fourth-order valence-corrected chi connectivity index (χ4v) is 3.83. The molecule has 1 fully saturated rings. The summed E-state index contributed by atoms with van der Waals surface area (Å²) in [7, 11) is 0. The molecule has 0 aromatic carbocycles. The first-order valence-corrected chi connectivity index (χ1v) is 9.02. The van der Waals surface area contributed by atoms with Gasteiger partial charge in [0.25, 0.3) is 0 Å². The molecule has 0 saturated carbocycles. The van der Waals surface area contributed by atoms with E-state index in [0.29, 0.717) is 6.42 Å². The molecule has 0 radical (unpaired) electrons. The van der Waals surface area contributed by atoms with Crippen LogP contribution in [0.15, 0.2) is 36.1 Å². The van der Waals surface area contributed by atoms with Gasteiger partial charge in [0.05, 0.1) is 5.39 Å². The number of nitrogens with one attached hydrogen (secondary N) is 1. The number of anilines is 1. The highest BCUT2D eigenvalue weighted by Crippen LogP contribution is 2.23. The number of hydrogen-bond acceptors (Lipinski definition) is 5. The van der Waals surface area contributed by atoms with Crippen molar-refractivity contribution in [2.24, 2.45) is 0 Å². The molecule has 24 heavy (non-hydrogen) atoms.